The van der Waals surface area contributed by atoms with E-state index in [1.807, 2.05) is 66.9 Å². The summed E-state index contributed by atoms with van der Waals surface area (Å²) in [6, 6.07) is 15.4. The van der Waals surface area contributed by atoms with E-state index in [1.165, 1.54) is 0 Å². The number of halogens is 1. The van der Waals surface area contributed by atoms with Crippen molar-refractivity contribution in [3.8, 4) is 11.4 Å². The number of hydrogen-bond acceptors (Lipinski definition) is 5. The fraction of sp³-hybridized carbons (Fsp3) is 0.348. The maximum atomic E-state index is 12.3. The van der Waals surface area contributed by atoms with E-state index in [0.29, 0.717) is 29.5 Å². The van der Waals surface area contributed by atoms with Crippen molar-refractivity contribution in [3.05, 3.63) is 64.7 Å². The zero-order valence-electron chi connectivity index (χ0n) is 18.0. The van der Waals surface area contributed by atoms with Crippen LogP contribution in [0.3, 0.4) is 0 Å². The first-order valence-electron chi connectivity index (χ1n) is 10.2. The lowest BCUT2D eigenvalue weighted by Crippen LogP contribution is -2.31. The second-order valence-corrected chi connectivity index (χ2v) is 8.55. The Balaban J connectivity index is 1.73. The molecule has 1 N–H and O–H groups in total. The number of hydrogen-bond donors (Lipinski definition) is 1. The molecule has 164 valence electrons. The molecule has 1 unspecified atom stereocenters. The zero-order chi connectivity index (χ0) is 22.2. The topological polar surface area (TPSA) is 69.0 Å². The van der Waals surface area contributed by atoms with Gasteiger partial charge in [0.15, 0.2) is 11.0 Å². The van der Waals surface area contributed by atoms with E-state index in [4.69, 9.17) is 16.3 Å². The maximum absolute atomic E-state index is 12.3. The third kappa shape index (κ3) is 6.09. The summed E-state index contributed by atoms with van der Waals surface area (Å²) in [6.45, 7) is 5.22. The number of nitrogens with zero attached hydrogens (tertiary/aromatic N) is 3. The summed E-state index contributed by atoms with van der Waals surface area (Å²) >= 11 is 7.97. The molecule has 0 saturated carbocycles. The van der Waals surface area contributed by atoms with Crippen LogP contribution in [-0.4, -0.2) is 40.4 Å². The Bertz CT molecular complexity index is 1010. The second-order valence-electron chi connectivity index (χ2n) is 7.20. The van der Waals surface area contributed by atoms with Crippen LogP contribution in [0.15, 0.2) is 53.7 Å². The summed E-state index contributed by atoms with van der Waals surface area (Å²) in [7, 11) is 1.67. The smallest absolute Gasteiger partial charge is 0.251 e. The Morgan fingerprint density at radius 2 is 1.94 bits per heavy atom. The van der Waals surface area contributed by atoms with Crippen LogP contribution in [0, 0.1) is 0 Å². The van der Waals surface area contributed by atoms with Crippen LogP contribution in [0.4, 0.5) is 0 Å². The lowest BCUT2D eigenvalue weighted by Gasteiger charge is -2.12. The highest BCUT2D eigenvalue weighted by Gasteiger charge is 2.16. The number of amides is 1. The van der Waals surface area contributed by atoms with E-state index in [9.17, 15) is 4.79 Å². The van der Waals surface area contributed by atoms with Crippen molar-refractivity contribution in [1.29, 1.82) is 0 Å². The number of carbonyl (C=O) groups excluding carboxylic acids is 1. The van der Waals surface area contributed by atoms with E-state index in [0.717, 1.165) is 28.5 Å². The lowest BCUT2D eigenvalue weighted by atomic mass is 10.1. The van der Waals surface area contributed by atoms with Gasteiger partial charge in [-0.2, -0.15) is 0 Å². The van der Waals surface area contributed by atoms with Crippen molar-refractivity contribution in [3.63, 3.8) is 0 Å². The van der Waals surface area contributed by atoms with Crippen LogP contribution in [0.1, 0.15) is 36.2 Å². The molecule has 0 radical (unpaired) electrons. The Morgan fingerprint density at radius 1 is 1.19 bits per heavy atom. The highest BCUT2D eigenvalue weighted by atomic mass is 35.5. The summed E-state index contributed by atoms with van der Waals surface area (Å²) in [5.41, 5.74) is 2.61. The van der Waals surface area contributed by atoms with Gasteiger partial charge in [0, 0.05) is 30.0 Å². The molecular formula is C23H27ClN4O2S. The number of ether oxygens (including phenoxy) is 1. The van der Waals surface area contributed by atoms with Gasteiger partial charge in [-0.3, -0.25) is 9.36 Å². The predicted octanol–water partition coefficient (Wildman–Crippen LogP) is 5.07. The number of nitrogens with one attached hydrogen (secondary N) is 1. The number of carbonyl (C=O) groups is 1. The number of rotatable bonds is 10. The Hall–Kier alpha value is -2.35. The highest BCUT2D eigenvalue weighted by Crippen LogP contribution is 2.30. The summed E-state index contributed by atoms with van der Waals surface area (Å²) in [4.78, 5) is 12.3. The summed E-state index contributed by atoms with van der Waals surface area (Å²) in [6.07, 6.45) is 0.903. The average Bonchev–Trinajstić information content (AvgIpc) is 3.19. The van der Waals surface area contributed by atoms with E-state index in [2.05, 4.69) is 15.5 Å². The van der Waals surface area contributed by atoms with Crippen LogP contribution >= 0.6 is 23.4 Å². The van der Waals surface area contributed by atoms with Gasteiger partial charge in [0.2, 0.25) is 0 Å². The monoisotopic (exact) mass is 458 g/mol. The van der Waals surface area contributed by atoms with E-state index < -0.39 is 0 Å². The SMILES string of the molecule is CCC(C)NC(=O)c1ccc(CSc2nnc(-c3ccccc3Cl)n2CCOC)cc1. The van der Waals surface area contributed by atoms with Crippen molar-refractivity contribution >= 4 is 29.3 Å². The van der Waals surface area contributed by atoms with Crippen molar-refractivity contribution in [1.82, 2.24) is 20.1 Å². The lowest BCUT2D eigenvalue weighted by molar-refractivity contribution is 0.0939. The van der Waals surface area contributed by atoms with Gasteiger partial charge in [-0.1, -0.05) is 54.6 Å². The fourth-order valence-electron chi connectivity index (χ4n) is 2.93. The van der Waals surface area contributed by atoms with Gasteiger partial charge < -0.3 is 10.1 Å². The van der Waals surface area contributed by atoms with Crippen LogP contribution in [-0.2, 0) is 17.0 Å². The molecule has 0 aliphatic carbocycles. The molecule has 1 amide bonds. The average molecular weight is 459 g/mol. The largest absolute Gasteiger partial charge is 0.383 e. The molecule has 0 saturated heterocycles. The molecule has 1 aromatic heterocycles. The normalized spacial score (nSPS) is 12.0. The van der Waals surface area contributed by atoms with E-state index in [1.54, 1.807) is 18.9 Å². The first-order chi connectivity index (χ1) is 15.0. The van der Waals surface area contributed by atoms with Crippen molar-refractivity contribution in [2.24, 2.45) is 0 Å². The van der Waals surface area contributed by atoms with E-state index >= 15 is 0 Å². The molecule has 3 aromatic rings. The van der Waals surface area contributed by atoms with Gasteiger partial charge in [-0.15, -0.1) is 10.2 Å². The molecule has 6 nitrogen and oxygen atoms in total. The molecular weight excluding hydrogens is 432 g/mol. The highest BCUT2D eigenvalue weighted by molar-refractivity contribution is 7.98. The first-order valence-corrected chi connectivity index (χ1v) is 11.6. The molecule has 1 atom stereocenters. The summed E-state index contributed by atoms with van der Waals surface area (Å²) in [5, 5.41) is 13.2. The van der Waals surface area contributed by atoms with Crippen molar-refractivity contribution < 1.29 is 9.53 Å². The third-order valence-corrected chi connectivity index (χ3v) is 6.29. The van der Waals surface area contributed by atoms with Crippen LogP contribution in [0.25, 0.3) is 11.4 Å². The standard InChI is InChI=1S/C23H27ClN4O2S/c1-4-16(2)25-22(29)18-11-9-17(10-12-18)15-31-23-27-26-21(28(23)13-14-30-3)19-7-5-6-8-20(19)24/h5-12,16H,4,13-15H2,1-3H3,(H,25,29). The molecule has 3 rings (SSSR count). The molecule has 0 fully saturated rings. The number of benzene rings is 2. The van der Waals surface area contributed by atoms with E-state index in [-0.39, 0.29) is 11.9 Å². The van der Waals surface area contributed by atoms with Gasteiger partial charge in [-0.05, 0) is 43.2 Å². The number of aromatic nitrogens is 3. The Kier molecular flexibility index (Phi) is 8.51. The Morgan fingerprint density at radius 3 is 2.61 bits per heavy atom. The molecule has 31 heavy (non-hydrogen) atoms. The van der Waals surface area contributed by atoms with Crippen LogP contribution in [0.5, 0.6) is 0 Å². The third-order valence-electron chi connectivity index (χ3n) is 4.92. The minimum Gasteiger partial charge on any atom is -0.383 e. The quantitative estimate of drug-likeness (QED) is 0.430. The van der Waals surface area contributed by atoms with Gasteiger partial charge in [0.25, 0.3) is 5.91 Å². The molecule has 0 aliphatic heterocycles. The van der Waals surface area contributed by atoms with Crippen molar-refractivity contribution in [2.45, 2.75) is 43.8 Å². The molecule has 0 aliphatic rings. The van der Waals surface area contributed by atoms with Gasteiger partial charge >= 0.3 is 0 Å². The van der Waals surface area contributed by atoms with Gasteiger partial charge in [0.05, 0.1) is 18.2 Å². The van der Waals surface area contributed by atoms with Gasteiger partial charge in [-0.25, -0.2) is 0 Å². The summed E-state index contributed by atoms with van der Waals surface area (Å²) < 4.78 is 7.30. The molecule has 8 heteroatoms. The number of methoxy groups -OCH3 is 1. The molecule has 0 bridgehead atoms. The van der Waals surface area contributed by atoms with Crippen molar-refractivity contribution in [2.75, 3.05) is 13.7 Å². The predicted molar refractivity (Wildman–Crippen MR) is 126 cm³/mol. The van der Waals surface area contributed by atoms with Crippen LogP contribution in [0.2, 0.25) is 5.02 Å². The number of thioether (sulfide) groups is 1. The summed E-state index contributed by atoms with van der Waals surface area (Å²) in [5.74, 6) is 1.39. The maximum Gasteiger partial charge on any atom is 0.251 e. The first kappa shape index (κ1) is 23.3. The fourth-order valence-corrected chi connectivity index (χ4v) is 4.07. The Labute approximate surface area is 192 Å². The molecule has 0 spiro atoms. The van der Waals surface area contributed by atoms with Gasteiger partial charge in [0.1, 0.15) is 0 Å². The molecule has 1 heterocycles. The second kappa shape index (κ2) is 11.3. The zero-order valence-corrected chi connectivity index (χ0v) is 19.5. The van der Waals surface area contributed by atoms with Crippen LogP contribution < -0.4 is 5.32 Å². The minimum absolute atomic E-state index is 0.0442. The minimum atomic E-state index is -0.0442. The molecule has 2 aromatic carbocycles.